The third kappa shape index (κ3) is 10.5. The Hall–Kier alpha value is -5.00. The van der Waals surface area contributed by atoms with E-state index >= 15 is 0 Å². The van der Waals surface area contributed by atoms with E-state index in [2.05, 4.69) is 26.4 Å². The predicted octanol–water partition coefficient (Wildman–Crippen LogP) is 3.39. The topological polar surface area (TPSA) is 155 Å². The SMILES string of the molecule is CC(C)C[C@@H]1NC(=O)[C@@H](Cc2ccccc2)NC(=O)c2ccc(cc2)CN(C(=O)c2ccnn2C(C)C)CCCCNC(=O)[C@@H](C)NC1=O. The van der Waals surface area contributed by atoms with Crippen LogP contribution in [0.1, 0.15) is 91.9 Å². The molecule has 3 aromatic rings. The number of hydrogen-bond acceptors (Lipinski definition) is 6. The minimum absolute atomic E-state index is 0.00391. The van der Waals surface area contributed by atoms with E-state index in [1.165, 1.54) is 0 Å². The first-order valence-corrected chi connectivity index (χ1v) is 17.1. The van der Waals surface area contributed by atoms with Crippen molar-refractivity contribution in [3.63, 3.8) is 0 Å². The lowest BCUT2D eigenvalue weighted by Gasteiger charge is -2.25. The molecular weight excluding hydrogens is 622 g/mol. The first-order chi connectivity index (χ1) is 23.4. The molecule has 5 rings (SSSR count). The normalized spacial score (nSPS) is 20.3. The zero-order valence-electron chi connectivity index (χ0n) is 29.1. The molecule has 0 aliphatic carbocycles. The lowest BCUT2D eigenvalue weighted by Crippen LogP contribution is -2.57. The second-order valence-corrected chi connectivity index (χ2v) is 13.3. The van der Waals surface area contributed by atoms with Gasteiger partial charge in [0.05, 0.1) is 0 Å². The maximum atomic E-state index is 13.8. The molecule has 262 valence electrons. The molecule has 2 aromatic carbocycles. The molecule has 0 fully saturated rings. The van der Waals surface area contributed by atoms with Gasteiger partial charge in [-0.15, -0.1) is 0 Å². The van der Waals surface area contributed by atoms with Crippen LogP contribution in [-0.4, -0.2) is 75.4 Å². The van der Waals surface area contributed by atoms with Crippen LogP contribution in [0.15, 0.2) is 66.9 Å². The summed E-state index contributed by atoms with van der Waals surface area (Å²) in [4.78, 5) is 69.1. The van der Waals surface area contributed by atoms with Gasteiger partial charge in [0.25, 0.3) is 11.8 Å². The van der Waals surface area contributed by atoms with Crippen LogP contribution in [0.25, 0.3) is 0 Å². The number of carbonyl (C=O) groups is 5. The minimum Gasteiger partial charge on any atom is -0.354 e. The first-order valence-electron chi connectivity index (χ1n) is 17.1. The molecule has 0 radical (unpaired) electrons. The van der Waals surface area contributed by atoms with Crippen molar-refractivity contribution >= 4 is 29.5 Å². The first kappa shape index (κ1) is 36.8. The van der Waals surface area contributed by atoms with Crippen LogP contribution in [0, 0.1) is 5.92 Å². The van der Waals surface area contributed by atoms with Gasteiger partial charge in [-0.1, -0.05) is 56.3 Å². The molecule has 3 atom stereocenters. The standard InChI is InChI=1S/C37H49N7O5/c1-24(2)21-30-35(47)40-26(5)33(45)38-18-9-10-20-43(37(49)32-17-19-39-44(32)25(3)4)23-28-13-15-29(16-14-28)34(46)41-31(36(48)42-30)22-27-11-7-6-8-12-27/h6-8,11-17,19,24-26,30-31H,9-10,18,20-23H2,1-5H3,(H,38,45)(H,40,47)(H,41,46)(H,42,48)/t26-,30+,31-/m1/s1. The van der Waals surface area contributed by atoms with E-state index in [1.54, 1.807) is 53.0 Å². The average Bonchev–Trinajstić information content (AvgIpc) is 3.57. The number of nitrogens with zero attached hydrogens (tertiary/aromatic N) is 3. The third-order valence-electron chi connectivity index (χ3n) is 8.41. The molecule has 49 heavy (non-hydrogen) atoms. The molecule has 4 N–H and O–H groups in total. The Morgan fingerprint density at radius 1 is 0.837 bits per heavy atom. The summed E-state index contributed by atoms with van der Waals surface area (Å²) in [6.45, 7) is 10.5. The van der Waals surface area contributed by atoms with Crippen molar-refractivity contribution in [1.29, 1.82) is 0 Å². The highest BCUT2D eigenvalue weighted by atomic mass is 16.2. The highest BCUT2D eigenvalue weighted by molar-refractivity contribution is 5.99. The van der Waals surface area contributed by atoms with Crippen LogP contribution in [0.4, 0.5) is 0 Å². The van der Waals surface area contributed by atoms with Gasteiger partial charge in [0, 0.05) is 43.9 Å². The summed E-state index contributed by atoms with van der Waals surface area (Å²) in [7, 11) is 0. The number of fused-ring (bicyclic) bond motifs is 18. The molecule has 2 aliphatic heterocycles. The van der Waals surface area contributed by atoms with Gasteiger partial charge in [-0.05, 0) is 75.3 Å². The molecule has 12 heteroatoms. The zero-order valence-corrected chi connectivity index (χ0v) is 29.1. The molecule has 0 saturated heterocycles. The van der Waals surface area contributed by atoms with Gasteiger partial charge >= 0.3 is 0 Å². The lowest BCUT2D eigenvalue weighted by atomic mass is 10.0. The van der Waals surface area contributed by atoms with Crippen molar-refractivity contribution in [2.24, 2.45) is 5.92 Å². The molecule has 3 heterocycles. The second kappa shape index (κ2) is 17.4. The number of nitrogens with one attached hydrogen (secondary N) is 4. The van der Waals surface area contributed by atoms with E-state index in [0.29, 0.717) is 50.2 Å². The summed E-state index contributed by atoms with van der Waals surface area (Å²) < 4.78 is 1.69. The fraction of sp³-hybridized carbons (Fsp3) is 0.459. The lowest BCUT2D eigenvalue weighted by molar-refractivity contribution is -0.132. The number of hydrogen-bond donors (Lipinski definition) is 4. The van der Waals surface area contributed by atoms with Gasteiger partial charge in [0.1, 0.15) is 23.8 Å². The molecule has 12 nitrogen and oxygen atoms in total. The Kier molecular flexibility index (Phi) is 13.1. The summed E-state index contributed by atoms with van der Waals surface area (Å²) in [5.41, 5.74) is 2.50. The maximum absolute atomic E-state index is 13.8. The molecule has 2 bridgehead atoms. The summed E-state index contributed by atoms with van der Waals surface area (Å²) in [6.07, 6.45) is 3.38. The monoisotopic (exact) mass is 671 g/mol. The Bertz CT molecular complexity index is 1590. The summed E-state index contributed by atoms with van der Waals surface area (Å²) in [5, 5.41) is 15.7. The smallest absolute Gasteiger partial charge is 0.272 e. The van der Waals surface area contributed by atoms with Gasteiger partial charge in [0.2, 0.25) is 17.7 Å². The quantitative estimate of drug-likeness (QED) is 0.295. The largest absolute Gasteiger partial charge is 0.354 e. The highest BCUT2D eigenvalue weighted by Gasteiger charge is 2.30. The van der Waals surface area contributed by atoms with E-state index in [0.717, 1.165) is 11.1 Å². The van der Waals surface area contributed by atoms with E-state index in [-0.39, 0.29) is 30.2 Å². The van der Waals surface area contributed by atoms with E-state index < -0.39 is 35.8 Å². The maximum Gasteiger partial charge on any atom is 0.272 e. The molecule has 1 aromatic heterocycles. The minimum atomic E-state index is -0.981. The Balaban J connectivity index is 1.63. The van der Waals surface area contributed by atoms with Gasteiger partial charge in [0.15, 0.2) is 0 Å². The number of amides is 5. The van der Waals surface area contributed by atoms with Gasteiger partial charge < -0.3 is 26.2 Å². The number of rotatable bonds is 6. The van der Waals surface area contributed by atoms with E-state index in [1.807, 2.05) is 58.0 Å². The second-order valence-electron chi connectivity index (χ2n) is 13.3. The van der Waals surface area contributed by atoms with E-state index in [9.17, 15) is 24.0 Å². The summed E-state index contributed by atoms with van der Waals surface area (Å²) in [5.74, 6) is -1.89. The van der Waals surface area contributed by atoms with Crippen LogP contribution in [-0.2, 0) is 27.3 Å². The molecule has 2 aliphatic rings. The molecule has 0 saturated carbocycles. The van der Waals surface area contributed by atoms with Gasteiger partial charge in [-0.3, -0.25) is 28.7 Å². The average molecular weight is 672 g/mol. The van der Waals surface area contributed by atoms with Crippen LogP contribution >= 0.6 is 0 Å². The van der Waals surface area contributed by atoms with Crippen molar-refractivity contribution < 1.29 is 24.0 Å². The zero-order chi connectivity index (χ0) is 35.5. The number of aromatic nitrogens is 2. The van der Waals surface area contributed by atoms with Crippen LogP contribution in [0.3, 0.4) is 0 Å². The predicted molar refractivity (Wildman–Crippen MR) is 186 cm³/mol. The van der Waals surface area contributed by atoms with Crippen LogP contribution in [0.2, 0.25) is 0 Å². The molecule has 0 spiro atoms. The van der Waals surface area contributed by atoms with Crippen molar-refractivity contribution in [2.75, 3.05) is 13.1 Å². The van der Waals surface area contributed by atoms with E-state index in [4.69, 9.17) is 0 Å². The van der Waals surface area contributed by atoms with Crippen molar-refractivity contribution in [3.8, 4) is 0 Å². The Morgan fingerprint density at radius 2 is 1.53 bits per heavy atom. The molecule has 0 unspecified atom stereocenters. The van der Waals surface area contributed by atoms with Gasteiger partial charge in [-0.25, -0.2) is 0 Å². The van der Waals surface area contributed by atoms with Crippen LogP contribution < -0.4 is 21.3 Å². The van der Waals surface area contributed by atoms with Crippen molar-refractivity contribution in [3.05, 3.63) is 89.2 Å². The highest BCUT2D eigenvalue weighted by Crippen LogP contribution is 2.16. The molecular formula is C37H49N7O5. The Labute approximate surface area is 288 Å². The van der Waals surface area contributed by atoms with Crippen molar-refractivity contribution in [1.82, 2.24) is 35.9 Å². The third-order valence-corrected chi connectivity index (χ3v) is 8.41. The van der Waals surface area contributed by atoms with Crippen molar-refractivity contribution in [2.45, 2.75) is 91.0 Å². The van der Waals surface area contributed by atoms with Gasteiger partial charge in [-0.2, -0.15) is 5.10 Å². The fourth-order valence-electron chi connectivity index (χ4n) is 5.74. The Morgan fingerprint density at radius 3 is 2.20 bits per heavy atom. The number of benzene rings is 2. The fourth-order valence-corrected chi connectivity index (χ4v) is 5.74. The summed E-state index contributed by atoms with van der Waals surface area (Å²) >= 11 is 0. The van der Waals surface area contributed by atoms with Crippen LogP contribution in [0.5, 0.6) is 0 Å². The number of carbonyl (C=O) groups excluding carboxylic acids is 5. The molecule has 5 amide bonds. The summed E-state index contributed by atoms with van der Waals surface area (Å²) in [6, 6.07) is 15.2.